The summed E-state index contributed by atoms with van der Waals surface area (Å²) in [4.78, 5) is 26.5. The first-order chi connectivity index (χ1) is 7.54. The fourth-order valence-corrected chi connectivity index (χ4v) is 1.70. The van der Waals surface area contributed by atoms with Gasteiger partial charge >= 0.3 is 5.97 Å². The Morgan fingerprint density at radius 1 is 1.69 bits per heavy atom. The lowest BCUT2D eigenvalue weighted by Gasteiger charge is -2.10. The minimum Gasteiger partial charge on any atom is -0.479 e. The Balaban J connectivity index is 2.49. The summed E-state index contributed by atoms with van der Waals surface area (Å²) in [7, 11) is 1.28. The Bertz CT molecular complexity index is 391. The maximum absolute atomic E-state index is 11.5. The molecule has 1 aromatic heterocycles. The van der Waals surface area contributed by atoms with E-state index in [2.05, 4.69) is 15.0 Å². The van der Waals surface area contributed by atoms with E-state index in [1.54, 1.807) is 6.92 Å². The van der Waals surface area contributed by atoms with Crippen molar-refractivity contribution in [3.05, 3.63) is 16.1 Å². The quantitative estimate of drug-likeness (QED) is 0.776. The maximum Gasteiger partial charge on any atom is 0.334 e. The Morgan fingerprint density at radius 2 is 2.38 bits per heavy atom. The van der Waals surface area contributed by atoms with Crippen LogP contribution in [0.25, 0.3) is 0 Å². The Labute approximate surface area is 96.3 Å². The Morgan fingerprint density at radius 3 is 2.81 bits per heavy atom. The molecule has 0 bridgehead atoms. The van der Waals surface area contributed by atoms with Gasteiger partial charge in [0.25, 0.3) is 5.91 Å². The molecule has 0 spiro atoms. The fourth-order valence-electron chi connectivity index (χ4n) is 1.01. The van der Waals surface area contributed by atoms with Crippen LogP contribution in [0.15, 0.2) is 6.20 Å². The lowest BCUT2D eigenvalue weighted by atomic mass is 10.3. The normalized spacial score (nSPS) is 12.1. The summed E-state index contributed by atoms with van der Waals surface area (Å²) in [5.74, 6) is -1.45. The average Bonchev–Trinajstić information content (AvgIpc) is 2.65. The van der Waals surface area contributed by atoms with Crippen LogP contribution in [0.2, 0.25) is 0 Å². The van der Waals surface area contributed by atoms with Gasteiger partial charge in [0, 0.05) is 7.11 Å². The number of aromatic nitrogens is 1. The van der Waals surface area contributed by atoms with E-state index >= 15 is 0 Å². The number of ether oxygens (including phenoxy) is 1. The molecule has 0 saturated heterocycles. The van der Waals surface area contributed by atoms with Crippen LogP contribution in [-0.4, -0.2) is 41.7 Å². The molecule has 1 atom stereocenters. The molecule has 88 valence electrons. The first kappa shape index (κ1) is 12.6. The summed E-state index contributed by atoms with van der Waals surface area (Å²) < 4.78 is 4.68. The number of aliphatic carboxylic acids is 1. The van der Waals surface area contributed by atoms with Crippen molar-refractivity contribution in [3.8, 4) is 0 Å². The van der Waals surface area contributed by atoms with Crippen molar-refractivity contribution < 1.29 is 19.4 Å². The smallest absolute Gasteiger partial charge is 0.334 e. The lowest BCUT2D eigenvalue weighted by molar-refractivity contribution is -0.147. The first-order valence-corrected chi connectivity index (χ1v) is 5.32. The molecule has 7 heteroatoms. The highest BCUT2D eigenvalue weighted by atomic mass is 32.1. The van der Waals surface area contributed by atoms with Gasteiger partial charge in [-0.1, -0.05) is 0 Å². The second kappa shape index (κ2) is 5.57. The summed E-state index contributed by atoms with van der Waals surface area (Å²) in [6, 6.07) is 0. The molecule has 1 heterocycles. The van der Waals surface area contributed by atoms with Crippen molar-refractivity contribution in [3.63, 3.8) is 0 Å². The van der Waals surface area contributed by atoms with E-state index in [-0.39, 0.29) is 12.5 Å². The first-order valence-electron chi connectivity index (χ1n) is 4.51. The largest absolute Gasteiger partial charge is 0.479 e. The van der Waals surface area contributed by atoms with Crippen LogP contribution < -0.4 is 5.32 Å². The molecule has 0 aliphatic carbocycles. The van der Waals surface area contributed by atoms with Crippen molar-refractivity contribution in [2.45, 2.75) is 13.0 Å². The zero-order valence-electron chi connectivity index (χ0n) is 8.89. The standard InChI is InChI=1S/C9H12N2O4S/c1-5-10-4-7(16-5)8(12)11-3-6(15-2)9(13)14/h4,6H,3H2,1-2H3,(H,11,12)(H,13,14). The molecule has 0 radical (unpaired) electrons. The molecule has 0 saturated carbocycles. The SMILES string of the molecule is COC(CNC(=O)c1cnc(C)s1)C(=O)O. The minimum absolute atomic E-state index is 0.0678. The molecule has 0 fully saturated rings. The van der Waals surface area contributed by atoms with Crippen LogP contribution in [0.3, 0.4) is 0 Å². The number of nitrogens with one attached hydrogen (secondary N) is 1. The molecule has 2 N–H and O–H groups in total. The van der Waals surface area contributed by atoms with E-state index in [1.165, 1.54) is 24.6 Å². The van der Waals surface area contributed by atoms with Gasteiger partial charge in [0.15, 0.2) is 6.10 Å². The van der Waals surface area contributed by atoms with Crippen LogP contribution in [0, 0.1) is 6.92 Å². The number of aryl methyl sites for hydroxylation is 1. The molecule has 0 aliphatic rings. The van der Waals surface area contributed by atoms with Crippen molar-refractivity contribution in [2.24, 2.45) is 0 Å². The van der Waals surface area contributed by atoms with E-state index in [4.69, 9.17) is 5.11 Å². The second-order valence-electron chi connectivity index (χ2n) is 3.02. The van der Waals surface area contributed by atoms with Gasteiger partial charge in [-0.25, -0.2) is 9.78 Å². The third-order valence-electron chi connectivity index (χ3n) is 1.85. The third-order valence-corrected chi connectivity index (χ3v) is 2.76. The van der Waals surface area contributed by atoms with Gasteiger partial charge in [0.05, 0.1) is 17.7 Å². The molecule has 1 amide bonds. The summed E-state index contributed by atoms with van der Waals surface area (Å²) >= 11 is 1.25. The predicted molar refractivity (Wildman–Crippen MR) is 57.6 cm³/mol. The summed E-state index contributed by atoms with van der Waals surface area (Å²) in [5.41, 5.74) is 0. The topological polar surface area (TPSA) is 88.5 Å². The van der Waals surface area contributed by atoms with Crippen LogP contribution in [0.5, 0.6) is 0 Å². The number of carboxylic acids is 1. The van der Waals surface area contributed by atoms with E-state index in [0.717, 1.165) is 5.01 Å². The van der Waals surface area contributed by atoms with Crippen LogP contribution >= 0.6 is 11.3 Å². The average molecular weight is 244 g/mol. The van der Waals surface area contributed by atoms with E-state index in [1.807, 2.05) is 0 Å². The molecule has 0 aliphatic heterocycles. The minimum atomic E-state index is -1.11. The number of nitrogens with zero attached hydrogens (tertiary/aromatic N) is 1. The zero-order chi connectivity index (χ0) is 12.1. The van der Waals surface area contributed by atoms with Crippen molar-refractivity contribution in [1.29, 1.82) is 0 Å². The van der Waals surface area contributed by atoms with Crippen molar-refractivity contribution >= 4 is 23.2 Å². The molecule has 1 unspecified atom stereocenters. The monoisotopic (exact) mass is 244 g/mol. The van der Waals surface area contributed by atoms with E-state index in [0.29, 0.717) is 4.88 Å². The van der Waals surface area contributed by atoms with Crippen molar-refractivity contribution in [2.75, 3.05) is 13.7 Å². The highest BCUT2D eigenvalue weighted by molar-refractivity contribution is 7.13. The Kier molecular flexibility index (Phi) is 4.39. The third kappa shape index (κ3) is 3.28. The predicted octanol–water partition coefficient (Wildman–Crippen LogP) is 0.281. The molecule has 0 aromatic carbocycles. The molecular weight excluding hydrogens is 232 g/mol. The van der Waals surface area contributed by atoms with E-state index < -0.39 is 12.1 Å². The highest BCUT2D eigenvalue weighted by Gasteiger charge is 2.18. The van der Waals surface area contributed by atoms with Crippen molar-refractivity contribution in [1.82, 2.24) is 10.3 Å². The van der Waals surface area contributed by atoms with Gasteiger partial charge in [0.2, 0.25) is 0 Å². The Hall–Kier alpha value is -1.47. The van der Waals surface area contributed by atoms with Gasteiger partial charge < -0.3 is 15.2 Å². The highest BCUT2D eigenvalue weighted by Crippen LogP contribution is 2.10. The van der Waals surface area contributed by atoms with Gasteiger partial charge in [-0.05, 0) is 6.92 Å². The number of hydrogen-bond donors (Lipinski definition) is 2. The number of carbonyl (C=O) groups excluding carboxylic acids is 1. The molecule has 1 rings (SSSR count). The van der Waals surface area contributed by atoms with Gasteiger partial charge in [-0.2, -0.15) is 0 Å². The van der Waals surface area contributed by atoms with Gasteiger partial charge in [-0.3, -0.25) is 4.79 Å². The second-order valence-corrected chi connectivity index (χ2v) is 4.25. The summed E-state index contributed by atoms with van der Waals surface area (Å²) in [6.07, 6.45) is 0.427. The van der Waals surface area contributed by atoms with E-state index in [9.17, 15) is 9.59 Å². The van der Waals surface area contributed by atoms with Crippen LogP contribution in [0.1, 0.15) is 14.7 Å². The fraction of sp³-hybridized carbons (Fsp3) is 0.444. The number of carbonyl (C=O) groups is 2. The number of amides is 1. The summed E-state index contributed by atoms with van der Waals surface area (Å²) in [6.45, 7) is 1.72. The maximum atomic E-state index is 11.5. The van der Waals surface area contributed by atoms with Crippen LogP contribution in [0.4, 0.5) is 0 Å². The molecule has 1 aromatic rings. The number of rotatable bonds is 5. The summed E-state index contributed by atoms with van der Waals surface area (Å²) in [5, 5.41) is 11.9. The molecule has 16 heavy (non-hydrogen) atoms. The molecule has 6 nitrogen and oxygen atoms in total. The van der Waals surface area contributed by atoms with Gasteiger partial charge in [-0.15, -0.1) is 11.3 Å². The number of methoxy groups -OCH3 is 1. The number of thiazole rings is 1. The number of hydrogen-bond acceptors (Lipinski definition) is 5. The number of carboxylic acid groups (broad SMARTS) is 1. The molecular formula is C9H12N2O4S. The zero-order valence-corrected chi connectivity index (χ0v) is 9.71. The lowest BCUT2D eigenvalue weighted by Crippen LogP contribution is -2.37. The van der Waals surface area contributed by atoms with Gasteiger partial charge in [0.1, 0.15) is 4.88 Å². The van der Waals surface area contributed by atoms with Crippen LogP contribution in [-0.2, 0) is 9.53 Å².